The highest BCUT2D eigenvalue weighted by atomic mass is 32.2. The first-order valence-electron chi connectivity index (χ1n) is 11.9. The lowest BCUT2D eigenvalue weighted by atomic mass is 10.1. The largest absolute Gasteiger partial charge is 0.462 e. The molecule has 1 amide bonds. The van der Waals surface area contributed by atoms with Gasteiger partial charge in [-0.25, -0.2) is 13.2 Å². The summed E-state index contributed by atoms with van der Waals surface area (Å²) in [5.41, 5.74) is 2.72. The molecule has 0 spiro atoms. The number of amides is 1. The van der Waals surface area contributed by atoms with Gasteiger partial charge in [-0.2, -0.15) is 0 Å². The van der Waals surface area contributed by atoms with E-state index < -0.39 is 28.4 Å². The Morgan fingerprint density at radius 3 is 2.38 bits per heavy atom. The van der Waals surface area contributed by atoms with Crippen LogP contribution in [0.4, 0.5) is 11.4 Å². The lowest BCUT2D eigenvalue weighted by Gasteiger charge is -2.27. The Morgan fingerprint density at radius 2 is 1.59 bits per heavy atom. The van der Waals surface area contributed by atoms with Crippen molar-refractivity contribution in [2.75, 3.05) is 22.8 Å². The van der Waals surface area contributed by atoms with Crippen LogP contribution in [0.15, 0.2) is 89.8 Å². The summed E-state index contributed by atoms with van der Waals surface area (Å²) in [6.45, 7) is 5.20. The maximum atomic E-state index is 14.1. The molecule has 0 fully saturated rings. The number of ether oxygens (including phenoxy) is 1. The van der Waals surface area contributed by atoms with Crippen LogP contribution in [0.1, 0.15) is 28.4 Å². The molecule has 190 valence electrons. The number of hydrogen-bond donors (Lipinski definition) is 1. The molecular formula is C29H28N2O5S. The van der Waals surface area contributed by atoms with Crippen molar-refractivity contribution in [1.82, 2.24) is 0 Å². The summed E-state index contributed by atoms with van der Waals surface area (Å²) in [4.78, 5) is 25.4. The molecule has 0 aromatic heterocycles. The van der Waals surface area contributed by atoms with E-state index >= 15 is 0 Å². The Labute approximate surface area is 216 Å². The number of carbonyl (C=O) groups is 2. The average Bonchev–Trinajstić information content (AvgIpc) is 2.89. The van der Waals surface area contributed by atoms with Crippen LogP contribution in [0.3, 0.4) is 0 Å². The molecule has 0 atom stereocenters. The minimum absolute atomic E-state index is 0.114. The smallest absolute Gasteiger partial charge is 0.338 e. The normalized spacial score (nSPS) is 11.2. The van der Waals surface area contributed by atoms with E-state index in [9.17, 15) is 18.0 Å². The SMILES string of the molecule is CCOC(=O)c1cccc(NC(=O)CN(c2cccc(C)c2C)S(=O)(=O)c2cccc3ccccc23)c1. The number of hydrogen-bond acceptors (Lipinski definition) is 5. The van der Waals surface area contributed by atoms with E-state index in [1.165, 1.54) is 6.07 Å². The van der Waals surface area contributed by atoms with Gasteiger partial charge in [0.15, 0.2) is 0 Å². The number of rotatable bonds is 8. The molecule has 0 saturated carbocycles. The van der Waals surface area contributed by atoms with Crippen molar-refractivity contribution >= 4 is 44.0 Å². The molecule has 7 nitrogen and oxygen atoms in total. The van der Waals surface area contributed by atoms with Crippen LogP contribution in [-0.2, 0) is 19.6 Å². The van der Waals surface area contributed by atoms with E-state index in [0.717, 1.165) is 20.8 Å². The van der Waals surface area contributed by atoms with Crippen molar-refractivity contribution in [3.05, 3.63) is 102 Å². The third kappa shape index (κ3) is 5.49. The Kier molecular flexibility index (Phi) is 7.59. The lowest BCUT2D eigenvalue weighted by Crippen LogP contribution is -2.38. The van der Waals surface area contributed by atoms with Crippen molar-refractivity contribution in [2.24, 2.45) is 0 Å². The first-order valence-corrected chi connectivity index (χ1v) is 13.3. The highest BCUT2D eigenvalue weighted by molar-refractivity contribution is 7.93. The zero-order chi connectivity index (χ0) is 26.6. The molecule has 37 heavy (non-hydrogen) atoms. The minimum atomic E-state index is -4.14. The number of esters is 1. The van der Waals surface area contributed by atoms with E-state index in [1.54, 1.807) is 61.5 Å². The molecule has 0 saturated heterocycles. The number of fused-ring (bicyclic) bond motifs is 1. The summed E-state index contributed by atoms with van der Waals surface area (Å²) in [6, 6.07) is 24.0. The van der Waals surface area contributed by atoms with Crippen LogP contribution < -0.4 is 9.62 Å². The number of nitrogens with one attached hydrogen (secondary N) is 1. The monoisotopic (exact) mass is 516 g/mol. The lowest BCUT2D eigenvalue weighted by molar-refractivity contribution is -0.114. The van der Waals surface area contributed by atoms with Gasteiger partial charge >= 0.3 is 5.97 Å². The Hall–Kier alpha value is -4.17. The van der Waals surface area contributed by atoms with Gasteiger partial charge < -0.3 is 10.1 Å². The Balaban J connectivity index is 1.73. The van der Waals surface area contributed by atoms with Gasteiger partial charge in [-0.15, -0.1) is 0 Å². The van der Waals surface area contributed by atoms with Crippen LogP contribution >= 0.6 is 0 Å². The molecule has 0 aliphatic carbocycles. The van der Waals surface area contributed by atoms with Gasteiger partial charge in [0.25, 0.3) is 10.0 Å². The van der Waals surface area contributed by atoms with Gasteiger partial charge in [-0.1, -0.05) is 54.6 Å². The van der Waals surface area contributed by atoms with E-state index in [1.807, 2.05) is 38.1 Å². The van der Waals surface area contributed by atoms with Gasteiger partial charge in [0.1, 0.15) is 6.54 Å². The first kappa shape index (κ1) is 25.9. The summed E-state index contributed by atoms with van der Waals surface area (Å²) in [6.07, 6.45) is 0. The van der Waals surface area contributed by atoms with Crippen molar-refractivity contribution < 1.29 is 22.7 Å². The van der Waals surface area contributed by atoms with Gasteiger partial charge in [-0.05, 0) is 67.6 Å². The van der Waals surface area contributed by atoms with Gasteiger partial charge in [0, 0.05) is 11.1 Å². The number of anilines is 2. The molecule has 0 aliphatic rings. The predicted octanol–water partition coefficient (Wildman–Crippen LogP) is 5.47. The van der Waals surface area contributed by atoms with Gasteiger partial charge in [0.2, 0.25) is 5.91 Å². The number of carbonyl (C=O) groups excluding carboxylic acids is 2. The van der Waals surface area contributed by atoms with Crippen molar-refractivity contribution in [3.8, 4) is 0 Å². The summed E-state index contributed by atoms with van der Waals surface area (Å²) < 4.78 is 34.4. The number of nitrogens with zero attached hydrogens (tertiary/aromatic N) is 1. The molecule has 4 aromatic rings. The zero-order valence-corrected chi connectivity index (χ0v) is 21.7. The summed E-state index contributed by atoms with van der Waals surface area (Å²) in [5, 5.41) is 4.08. The van der Waals surface area contributed by atoms with Gasteiger partial charge in [-0.3, -0.25) is 9.10 Å². The third-order valence-electron chi connectivity index (χ3n) is 6.11. The highest BCUT2D eigenvalue weighted by Gasteiger charge is 2.30. The second-order valence-electron chi connectivity index (χ2n) is 8.56. The van der Waals surface area contributed by atoms with Crippen LogP contribution in [-0.4, -0.2) is 33.4 Å². The molecule has 4 aromatic carbocycles. The number of aryl methyl sites for hydroxylation is 1. The molecule has 0 unspecified atom stereocenters. The number of sulfonamides is 1. The van der Waals surface area contributed by atoms with E-state index in [-0.39, 0.29) is 17.1 Å². The molecule has 0 bridgehead atoms. The molecule has 0 radical (unpaired) electrons. The van der Waals surface area contributed by atoms with Crippen LogP contribution in [0.25, 0.3) is 10.8 Å². The standard InChI is InChI=1S/C29H28N2O5S/c1-4-36-29(33)23-13-8-14-24(18-23)30-28(32)19-31(26-16-7-10-20(2)21(26)3)37(34,35)27-17-9-12-22-11-5-6-15-25(22)27/h5-18H,4,19H2,1-3H3,(H,30,32). The first-order chi connectivity index (χ1) is 17.7. The molecule has 8 heteroatoms. The van der Waals surface area contributed by atoms with Crippen LogP contribution in [0.5, 0.6) is 0 Å². The number of benzene rings is 4. The molecule has 0 heterocycles. The van der Waals surface area contributed by atoms with Crippen LogP contribution in [0.2, 0.25) is 0 Å². The Bertz CT molecular complexity index is 1580. The topological polar surface area (TPSA) is 92.8 Å². The van der Waals surface area contributed by atoms with E-state index in [4.69, 9.17) is 4.74 Å². The Morgan fingerprint density at radius 1 is 0.892 bits per heavy atom. The maximum Gasteiger partial charge on any atom is 0.338 e. The molecule has 1 N–H and O–H groups in total. The molecule has 0 aliphatic heterocycles. The van der Waals surface area contributed by atoms with Crippen molar-refractivity contribution in [1.29, 1.82) is 0 Å². The average molecular weight is 517 g/mol. The van der Waals surface area contributed by atoms with E-state index in [0.29, 0.717) is 16.8 Å². The highest BCUT2D eigenvalue weighted by Crippen LogP contribution is 2.32. The third-order valence-corrected chi connectivity index (χ3v) is 7.92. The van der Waals surface area contributed by atoms with Crippen LogP contribution in [0, 0.1) is 13.8 Å². The fourth-order valence-electron chi connectivity index (χ4n) is 4.11. The fourth-order valence-corrected chi connectivity index (χ4v) is 5.81. The molecule has 4 rings (SSSR count). The summed E-state index contributed by atoms with van der Waals surface area (Å²) in [7, 11) is -4.14. The fraction of sp³-hybridized carbons (Fsp3) is 0.172. The summed E-state index contributed by atoms with van der Waals surface area (Å²) in [5.74, 6) is -1.06. The van der Waals surface area contributed by atoms with E-state index in [2.05, 4.69) is 5.32 Å². The minimum Gasteiger partial charge on any atom is -0.462 e. The quantitative estimate of drug-likeness (QED) is 0.314. The predicted molar refractivity (Wildman–Crippen MR) is 145 cm³/mol. The maximum absolute atomic E-state index is 14.1. The van der Waals surface area contributed by atoms with Crippen molar-refractivity contribution in [2.45, 2.75) is 25.7 Å². The van der Waals surface area contributed by atoms with Crippen molar-refractivity contribution in [3.63, 3.8) is 0 Å². The second kappa shape index (κ2) is 10.8. The zero-order valence-electron chi connectivity index (χ0n) is 20.9. The second-order valence-corrected chi connectivity index (χ2v) is 10.4. The summed E-state index contributed by atoms with van der Waals surface area (Å²) >= 11 is 0. The van der Waals surface area contributed by atoms with Gasteiger partial charge in [0.05, 0.1) is 22.8 Å². The molecular weight excluding hydrogens is 488 g/mol.